The van der Waals surface area contributed by atoms with E-state index in [2.05, 4.69) is 131 Å². The first kappa shape index (κ1) is 103. The Morgan fingerprint density at radius 1 is 0.481 bits per heavy atom. The number of aromatic amines is 3. The number of nitrogens with zero attached hydrogens (tertiary/aromatic N) is 1. The maximum absolute atomic E-state index is 13.5. The Morgan fingerprint density at radius 2 is 0.837 bits per heavy atom. The molecule has 18 aliphatic rings. The van der Waals surface area contributed by atoms with Crippen LogP contribution >= 0.6 is 34.8 Å². The molecule has 5 atom stereocenters. The van der Waals surface area contributed by atoms with Crippen LogP contribution in [0.15, 0.2) is 176 Å². The van der Waals surface area contributed by atoms with E-state index in [4.69, 9.17) is 56.1 Å². The fourth-order valence-electron chi connectivity index (χ4n) is 29.8. The van der Waals surface area contributed by atoms with E-state index in [0.717, 1.165) is 143 Å². The Balaban J connectivity index is 0.000000135. The van der Waals surface area contributed by atoms with Gasteiger partial charge in [0, 0.05) is 153 Å². The van der Waals surface area contributed by atoms with Crippen LogP contribution in [-0.4, -0.2) is 108 Å². The van der Waals surface area contributed by atoms with Crippen LogP contribution in [0.5, 0.6) is 5.75 Å². The number of benzene rings is 7. The summed E-state index contributed by atoms with van der Waals surface area (Å²) in [5.41, 5.74) is 28.7. The molecule has 7 aromatic carbocycles. The van der Waals surface area contributed by atoms with Crippen molar-refractivity contribution in [1.29, 1.82) is 0 Å². The van der Waals surface area contributed by atoms with E-state index in [0.29, 0.717) is 45.9 Å². The second-order valence-corrected chi connectivity index (χ2v) is 44.6. The molecule has 3 aromatic heterocycles. The number of aromatic nitrogens is 3. The van der Waals surface area contributed by atoms with Crippen LogP contribution in [-0.2, 0) is 66.0 Å². The third-order valence-corrected chi connectivity index (χ3v) is 33.9. The van der Waals surface area contributed by atoms with Crippen LogP contribution in [0.3, 0.4) is 0 Å². The quantitative estimate of drug-likeness (QED) is 0.0139. The first-order valence-corrected chi connectivity index (χ1v) is 50.5. The Bertz CT molecular complexity index is 5660. The number of nitrogens with two attached hydrogens (primary N) is 2. The van der Waals surface area contributed by atoms with Crippen molar-refractivity contribution in [1.82, 2.24) is 25.2 Å². The van der Waals surface area contributed by atoms with Gasteiger partial charge >= 0.3 is 5.97 Å². The number of amides is 1. The molecule has 16 aliphatic carbocycles. The summed E-state index contributed by atoms with van der Waals surface area (Å²) in [5.74, 6) is 11.4. The van der Waals surface area contributed by atoms with E-state index in [9.17, 15) is 33.6 Å². The first-order valence-electron chi connectivity index (χ1n) is 49.0. The monoisotopic (exact) mass is 1960 g/mol. The Labute approximate surface area is 837 Å². The van der Waals surface area contributed by atoms with Gasteiger partial charge in [0.25, 0.3) is 0 Å². The molecule has 135 heavy (non-hydrogen) atoms. The SMILES string of the molecule is COc1ccc(C(=O)O)cc1.C[C@H](N)Cc1c[nH]c2ccccc12.C[C@H]1Cc2c([nH]c3ccccc23)[C@H](c2ccc(C(=O)CC34CC5CC(CC(C5)C3)C4)cc2)N1.C[C@H]1Cc2c([nH]c3ccccc23)[C@H](c2ccc(C(=O)CC34CC5CC(CC(C5)C3)C4)cc2)N1C(=O)CCl.NC12CC3CC(CC(C3)C1)C2.O=C(Cl)CCl.O=Cc1ccc(C(=O)CC23CC4CC(CC(C4)C2)C3)cc1.[CH3-].[CH3-].[V].[V]. The van der Waals surface area contributed by atoms with Crippen molar-refractivity contribution in [3.63, 3.8) is 0 Å². The topological polar surface area (TPSA) is 264 Å². The molecule has 0 spiro atoms. The smallest absolute Gasteiger partial charge is 0.335 e. The summed E-state index contributed by atoms with van der Waals surface area (Å²) in [6.07, 6.45) is 40.6. The number of rotatable bonds is 18. The minimum absolute atomic E-state index is 0. The van der Waals surface area contributed by atoms with Gasteiger partial charge in [-0.05, 0) is 363 Å². The third kappa shape index (κ3) is 23.3. The zero-order chi connectivity index (χ0) is 91.2. The summed E-state index contributed by atoms with van der Waals surface area (Å²) in [7, 11) is 1.54. The number of H-pyrrole nitrogens is 3. The number of carbonyl (C=O) groups is 7. The number of nitrogens with one attached hydrogen (secondary N) is 4. The van der Waals surface area contributed by atoms with Crippen molar-refractivity contribution in [3.05, 3.63) is 258 Å². The number of ketones is 3. The Kier molecular flexibility index (Phi) is 33.5. The number of Topliss-reactive ketones (excluding diaryl/α,β-unsaturated/α-hetero) is 3. The number of carbonyl (C=O) groups excluding carboxylic acids is 6. The summed E-state index contributed by atoms with van der Waals surface area (Å²) in [5, 5.41) is 15.6. The van der Waals surface area contributed by atoms with Crippen molar-refractivity contribution in [2.45, 2.75) is 249 Å². The predicted molar refractivity (Wildman–Crippen MR) is 536 cm³/mol. The third-order valence-electron chi connectivity index (χ3n) is 33.2. The first-order chi connectivity index (χ1) is 63.1. The number of fused-ring (bicyclic) bond motifs is 7. The normalized spacial score (nSPS) is 30.2. The van der Waals surface area contributed by atoms with Crippen molar-refractivity contribution in [2.24, 2.45) is 98.7 Å². The number of para-hydroxylation sites is 3. The molecule has 16 fully saturated rings. The van der Waals surface area contributed by atoms with E-state index < -0.39 is 11.2 Å². The molecule has 16 saturated carbocycles. The van der Waals surface area contributed by atoms with Crippen LogP contribution in [0.4, 0.5) is 0 Å². The zero-order valence-corrected chi connectivity index (χ0v) is 84.7. The van der Waals surface area contributed by atoms with Gasteiger partial charge in [-0.2, -0.15) is 0 Å². The number of carboxylic acid groups (broad SMARTS) is 1. The van der Waals surface area contributed by atoms with Crippen molar-refractivity contribution in [2.75, 3.05) is 18.9 Å². The number of carboxylic acids is 1. The van der Waals surface area contributed by atoms with Crippen molar-refractivity contribution in [3.8, 4) is 5.75 Å². The number of methoxy groups -OCH3 is 1. The van der Waals surface area contributed by atoms with Gasteiger partial charge in [0.05, 0.1) is 30.6 Å². The van der Waals surface area contributed by atoms with Crippen LogP contribution < -0.4 is 21.5 Å². The summed E-state index contributed by atoms with van der Waals surface area (Å²) in [6, 6.07) is 55.8. The number of ether oxygens (including phenoxy) is 1. The zero-order valence-electron chi connectivity index (χ0n) is 79.6. The van der Waals surface area contributed by atoms with Crippen LogP contribution in [0.25, 0.3) is 32.7 Å². The Hall–Kier alpha value is -7.83. The molecular formula is C114H138Cl3N7O9V2-2. The molecule has 28 rings (SSSR count). The molecule has 10 aromatic rings. The second kappa shape index (κ2) is 43.9. The van der Waals surface area contributed by atoms with Crippen molar-refractivity contribution < 1.29 is 80.5 Å². The molecular weight excluding hydrogens is 1820 g/mol. The van der Waals surface area contributed by atoms with Gasteiger partial charge in [-0.3, -0.25) is 28.8 Å². The molecule has 16 nitrogen and oxygen atoms in total. The molecule has 716 valence electrons. The molecule has 1 amide bonds. The summed E-state index contributed by atoms with van der Waals surface area (Å²) in [4.78, 5) is 95.5. The van der Waals surface area contributed by atoms with Gasteiger partial charge in [-0.25, -0.2) is 4.79 Å². The van der Waals surface area contributed by atoms with E-state index in [1.807, 2.05) is 54.4 Å². The number of alkyl halides is 2. The summed E-state index contributed by atoms with van der Waals surface area (Å²) >= 11 is 15.6. The van der Waals surface area contributed by atoms with Gasteiger partial charge in [-0.1, -0.05) is 127 Å². The number of aldehydes is 1. The van der Waals surface area contributed by atoms with Crippen LogP contribution in [0.1, 0.15) is 297 Å². The minimum Gasteiger partial charge on any atom is -0.497 e. The number of halogens is 3. The van der Waals surface area contributed by atoms with Crippen LogP contribution in [0.2, 0.25) is 0 Å². The average molecular weight is 1960 g/mol. The molecule has 21 heteroatoms. The Morgan fingerprint density at radius 3 is 1.21 bits per heavy atom. The molecule has 2 aliphatic heterocycles. The van der Waals surface area contributed by atoms with Gasteiger partial charge in [0.1, 0.15) is 17.9 Å². The summed E-state index contributed by atoms with van der Waals surface area (Å²) < 4.78 is 4.86. The standard InChI is InChI=1S/C32H35ClN2O2.C30H34N2O.C19H22O2.C11H14N2.C10H17N.C8H8O3.C2H2Cl2O.2CH3.2V/c1-19-10-26-25-4-2-3-5-27(25)34-30(26)31(35(19)29(37)18-33)24-8-6-23(7-9-24)28(36)17-32-14-20-11-21(15-32)13-22(12-20)16-32;1-18-10-25-24-4-2-3-5-26(24)32-29(25)28(31-18)23-8-6-22(7-9-23)27(33)17-30-14-19-11-20(15-30)13-21(12-19)16-30;20-12-13-1-3-17(4-2-13)18(21)11-19-8-14-5-15(9-19)7-16(6-14)10-19;1-8(12)6-9-7-13-11-5-3-2-4-10(9)11;11-10-4-7-1-8(5-10)3-9(2-7)6-10;1-11-7-4-2-6(3-5-7)8(9)10;3-1-2(4)5;;;;/h2-9,19-22,31,34H,10-18H2,1H3;2-9,18-21,28,31-32H,10-17H2,1H3;1-4,12,14-16H,5-11H2;2-5,7-8,13H,6,12H2,1H3;7-9H,1-6,11H2;2-5H,1H3,(H,9,10);1H2;2*1H3;;/q;;;;;;;2*-1;;/t19-,20?,21?,22?,31-,32?;18-,19?,20?,21?,28-,30?;;8-;;;;;;;/m00.0......./s1. The fourth-order valence-corrected chi connectivity index (χ4v) is 29.9. The maximum Gasteiger partial charge on any atom is 0.335 e. The van der Waals surface area contributed by atoms with Gasteiger partial charge < -0.3 is 61.3 Å². The van der Waals surface area contributed by atoms with E-state index in [1.165, 1.54) is 228 Å². The van der Waals surface area contributed by atoms with Gasteiger partial charge in [0.2, 0.25) is 11.1 Å². The fraction of sp³-hybridized carbons (Fsp3) is 0.500. The second-order valence-electron chi connectivity index (χ2n) is 43.6. The van der Waals surface area contributed by atoms with Crippen molar-refractivity contribution >= 4 is 108 Å². The van der Waals surface area contributed by atoms with Crippen LogP contribution in [0, 0.1) is 102 Å². The number of hydrogen-bond donors (Lipinski definition) is 7. The predicted octanol–water partition coefficient (Wildman–Crippen LogP) is 25.2. The molecule has 9 N–H and O–H groups in total. The van der Waals surface area contributed by atoms with E-state index >= 15 is 0 Å². The van der Waals surface area contributed by atoms with Gasteiger partial charge in [-0.15, -0.1) is 23.2 Å². The molecule has 0 saturated heterocycles. The van der Waals surface area contributed by atoms with Gasteiger partial charge in [0.15, 0.2) is 17.3 Å². The molecule has 5 heterocycles. The van der Waals surface area contributed by atoms with E-state index in [-0.39, 0.29) is 116 Å². The number of aromatic carboxylic acids is 1. The maximum atomic E-state index is 13.5. The minimum atomic E-state index is -0.923. The summed E-state index contributed by atoms with van der Waals surface area (Å²) in [6.45, 7) is 6.40. The molecule has 0 unspecified atom stereocenters. The molecule has 16 bridgehead atoms. The number of hydrogen-bond acceptors (Lipinski definition) is 11. The molecule has 2 radical (unpaired) electrons. The van der Waals surface area contributed by atoms with E-state index in [1.54, 1.807) is 24.3 Å². The largest absolute Gasteiger partial charge is 0.497 e. The average Bonchev–Trinajstić information content (AvgIpc) is 1.69.